The number of carbonyl (C=O) groups excluding carboxylic acids is 1. The lowest BCUT2D eigenvalue weighted by molar-refractivity contribution is -0.149. The first kappa shape index (κ1) is 16.8. The molecule has 2 fully saturated rings. The van der Waals surface area contributed by atoms with E-state index in [-0.39, 0.29) is 5.97 Å². The number of likely N-dealkylation sites (tertiary alicyclic amines) is 1. The van der Waals surface area contributed by atoms with Crippen LogP contribution in [0.3, 0.4) is 0 Å². The second kappa shape index (κ2) is 7.10. The van der Waals surface area contributed by atoms with E-state index in [1.165, 1.54) is 39.5 Å². The van der Waals surface area contributed by atoms with Gasteiger partial charge in [0.1, 0.15) is 5.54 Å². The Morgan fingerprint density at radius 3 is 2.52 bits per heavy atom. The van der Waals surface area contributed by atoms with Crippen molar-refractivity contribution in [1.29, 1.82) is 0 Å². The molecular weight excluding hydrogens is 264 g/mol. The molecule has 2 unspecified atom stereocenters. The molecule has 122 valence electrons. The smallest absolute Gasteiger partial charge is 0.326 e. The Morgan fingerprint density at radius 2 is 2.00 bits per heavy atom. The van der Waals surface area contributed by atoms with Gasteiger partial charge < -0.3 is 9.64 Å². The van der Waals surface area contributed by atoms with Crippen molar-refractivity contribution < 1.29 is 9.53 Å². The van der Waals surface area contributed by atoms with Crippen molar-refractivity contribution in [3.8, 4) is 0 Å². The van der Waals surface area contributed by atoms with E-state index < -0.39 is 5.54 Å². The van der Waals surface area contributed by atoms with Gasteiger partial charge in [0.15, 0.2) is 0 Å². The summed E-state index contributed by atoms with van der Waals surface area (Å²) in [6.45, 7) is 8.89. The number of carbonyl (C=O) groups is 1. The minimum Gasteiger partial charge on any atom is -0.468 e. The summed E-state index contributed by atoms with van der Waals surface area (Å²) in [6, 6.07) is 0.835. The van der Waals surface area contributed by atoms with E-state index in [4.69, 9.17) is 4.74 Å². The van der Waals surface area contributed by atoms with E-state index in [2.05, 4.69) is 31.0 Å². The summed E-state index contributed by atoms with van der Waals surface area (Å²) in [4.78, 5) is 14.9. The summed E-state index contributed by atoms with van der Waals surface area (Å²) < 4.78 is 5.09. The number of nitrogens with zero attached hydrogens (tertiary/aromatic N) is 1. The van der Waals surface area contributed by atoms with Gasteiger partial charge in [-0.2, -0.15) is 0 Å². The predicted molar refractivity (Wildman–Crippen MR) is 85.2 cm³/mol. The molecule has 0 aromatic heterocycles. The molecule has 0 amide bonds. The fraction of sp³-hybridized carbons (Fsp3) is 0.941. The molecule has 1 aliphatic heterocycles. The molecule has 1 saturated heterocycles. The summed E-state index contributed by atoms with van der Waals surface area (Å²) in [5, 5.41) is 3.49. The van der Waals surface area contributed by atoms with Crippen LogP contribution in [0.15, 0.2) is 0 Å². The molecule has 1 N–H and O–H groups in total. The molecule has 4 heteroatoms. The summed E-state index contributed by atoms with van der Waals surface area (Å²) in [5.41, 5.74) is -0.463. The lowest BCUT2D eigenvalue weighted by Crippen LogP contribution is -2.54. The van der Waals surface area contributed by atoms with Gasteiger partial charge >= 0.3 is 5.97 Å². The molecule has 21 heavy (non-hydrogen) atoms. The molecule has 0 aromatic rings. The van der Waals surface area contributed by atoms with Crippen LogP contribution in [0.2, 0.25) is 0 Å². The van der Waals surface area contributed by atoms with Crippen LogP contribution in [-0.2, 0) is 9.53 Å². The van der Waals surface area contributed by atoms with E-state index in [1.807, 2.05) is 0 Å². The summed E-state index contributed by atoms with van der Waals surface area (Å²) in [6.07, 6.45) is 6.83. The minimum atomic E-state index is -0.463. The average molecular weight is 296 g/mol. The number of esters is 1. The van der Waals surface area contributed by atoms with Crippen LogP contribution in [0.1, 0.15) is 59.3 Å². The van der Waals surface area contributed by atoms with Crippen molar-refractivity contribution >= 4 is 5.97 Å². The molecule has 1 heterocycles. The van der Waals surface area contributed by atoms with Crippen LogP contribution in [-0.4, -0.2) is 48.7 Å². The Labute approximate surface area is 129 Å². The molecular formula is C17H32N2O2. The van der Waals surface area contributed by atoms with Crippen molar-refractivity contribution in [3.63, 3.8) is 0 Å². The first-order valence-electron chi connectivity index (χ1n) is 8.61. The van der Waals surface area contributed by atoms with Gasteiger partial charge in [0.05, 0.1) is 7.11 Å². The van der Waals surface area contributed by atoms with Gasteiger partial charge in [0.2, 0.25) is 0 Å². The van der Waals surface area contributed by atoms with Crippen molar-refractivity contribution in [1.82, 2.24) is 10.2 Å². The normalized spacial score (nSPS) is 31.8. The van der Waals surface area contributed by atoms with E-state index in [1.54, 1.807) is 0 Å². The van der Waals surface area contributed by atoms with Crippen LogP contribution in [0.4, 0.5) is 0 Å². The average Bonchev–Trinajstić information content (AvgIpc) is 2.91. The van der Waals surface area contributed by atoms with E-state index in [9.17, 15) is 4.79 Å². The molecule has 0 spiro atoms. The molecule has 1 saturated carbocycles. The monoisotopic (exact) mass is 296 g/mol. The first-order valence-corrected chi connectivity index (χ1v) is 8.61. The number of hydrogen-bond donors (Lipinski definition) is 1. The molecule has 0 radical (unpaired) electrons. The van der Waals surface area contributed by atoms with Crippen LogP contribution in [0.5, 0.6) is 0 Å². The number of methoxy groups -OCH3 is 1. The molecule has 4 nitrogen and oxygen atoms in total. The third kappa shape index (κ3) is 3.78. The maximum atomic E-state index is 12.3. The summed E-state index contributed by atoms with van der Waals surface area (Å²) in [5.74, 6) is 0.823. The van der Waals surface area contributed by atoms with Crippen LogP contribution in [0, 0.1) is 5.92 Å². The van der Waals surface area contributed by atoms with E-state index in [0.29, 0.717) is 12.1 Å². The quantitative estimate of drug-likeness (QED) is 0.792. The van der Waals surface area contributed by atoms with Gasteiger partial charge in [0, 0.05) is 12.1 Å². The SMILES string of the molecule is CCC1CCN(C2CCC(NC(C)C)(C(=O)OC)C2)CC1. The lowest BCUT2D eigenvalue weighted by atomic mass is 9.92. The van der Waals surface area contributed by atoms with Crippen molar-refractivity contribution in [2.24, 2.45) is 5.92 Å². The standard InChI is InChI=1S/C17H32N2O2/c1-5-14-7-10-19(11-8-14)15-6-9-17(12-15,16(20)21-4)18-13(2)3/h13-15,18H,5-12H2,1-4H3. The topological polar surface area (TPSA) is 41.6 Å². The maximum Gasteiger partial charge on any atom is 0.326 e. The largest absolute Gasteiger partial charge is 0.468 e. The highest BCUT2D eigenvalue weighted by Gasteiger charge is 2.48. The Kier molecular flexibility index (Phi) is 5.67. The van der Waals surface area contributed by atoms with Gasteiger partial charge in [-0.25, -0.2) is 0 Å². The molecule has 2 rings (SSSR count). The van der Waals surface area contributed by atoms with Crippen LogP contribution < -0.4 is 5.32 Å². The summed E-state index contributed by atoms with van der Waals surface area (Å²) >= 11 is 0. The molecule has 0 aromatic carbocycles. The van der Waals surface area contributed by atoms with Gasteiger partial charge in [-0.1, -0.05) is 13.3 Å². The Balaban J connectivity index is 1.98. The number of ether oxygens (including phenoxy) is 1. The first-order chi connectivity index (χ1) is 10.0. The number of rotatable bonds is 5. The predicted octanol–water partition coefficient (Wildman–Crippen LogP) is 2.57. The van der Waals surface area contributed by atoms with Crippen molar-refractivity contribution in [3.05, 3.63) is 0 Å². The van der Waals surface area contributed by atoms with Gasteiger partial charge in [-0.15, -0.1) is 0 Å². The van der Waals surface area contributed by atoms with Crippen LogP contribution >= 0.6 is 0 Å². The minimum absolute atomic E-state index is 0.0813. The molecule has 2 atom stereocenters. The Morgan fingerprint density at radius 1 is 1.33 bits per heavy atom. The van der Waals surface area contributed by atoms with Gasteiger partial charge in [-0.05, 0) is 65.0 Å². The molecule has 1 aliphatic carbocycles. The Hall–Kier alpha value is -0.610. The number of nitrogens with one attached hydrogen (secondary N) is 1. The third-order valence-corrected chi connectivity index (χ3v) is 5.37. The zero-order chi connectivity index (χ0) is 15.5. The summed E-state index contributed by atoms with van der Waals surface area (Å²) in [7, 11) is 1.51. The molecule has 0 bridgehead atoms. The zero-order valence-corrected chi connectivity index (χ0v) is 14.2. The Bertz CT molecular complexity index is 351. The number of piperidine rings is 1. The highest BCUT2D eigenvalue weighted by molar-refractivity contribution is 5.81. The highest BCUT2D eigenvalue weighted by atomic mass is 16.5. The van der Waals surface area contributed by atoms with Gasteiger partial charge in [0.25, 0.3) is 0 Å². The molecule has 2 aliphatic rings. The van der Waals surface area contributed by atoms with E-state index >= 15 is 0 Å². The lowest BCUT2D eigenvalue weighted by Gasteiger charge is -2.37. The fourth-order valence-electron chi connectivity index (χ4n) is 4.18. The highest BCUT2D eigenvalue weighted by Crippen LogP contribution is 2.36. The van der Waals surface area contributed by atoms with Crippen LogP contribution in [0.25, 0.3) is 0 Å². The fourth-order valence-corrected chi connectivity index (χ4v) is 4.18. The van der Waals surface area contributed by atoms with Gasteiger partial charge in [-0.3, -0.25) is 10.1 Å². The zero-order valence-electron chi connectivity index (χ0n) is 14.2. The van der Waals surface area contributed by atoms with Crippen molar-refractivity contribution in [2.45, 2.75) is 76.9 Å². The van der Waals surface area contributed by atoms with Crippen molar-refractivity contribution in [2.75, 3.05) is 20.2 Å². The second-order valence-corrected chi connectivity index (χ2v) is 7.16. The second-order valence-electron chi connectivity index (χ2n) is 7.16. The number of hydrogen-bond acceptors (Lipinski definition) is 4. The van der Waals surface area contributed by atoms with E-state index in [0.717, 1.165) is 25.2 Å². The maximum absolute atomic E-state index is 12.3. The third-order valence-electron chi connectivity index (χ3n) is 5.37.